The quantitative estimate of drug-likeness (QED) is 0.518. The van der Waals surface area contributed by atoms with E-state index < -0.39 is 10.0 Å². The molecule has 2 aromatic heterocycles. The number of nitriles is 1. The lowest BCUT2D eigenvalue weighted by Crippen LogP contribution is -2.54. The van der Waals surface area contributed by atoms with Gasteiger partial charge in [-0.2, -0.15) is 14.7 Å². The summed E-state index contributed by atoms with van der Waals surface area (Å²) < 4.78 is 33.8. The predicted octanol–water partition coefficient (Wildman–Crippen LogP) is 2.35. The number of hydrogen-bond acceptors (Lipinski definition) is 7. The number of benzene rings is 1. The fourth-order valence-electron chi connectivity index (χ4n) is 4.21. The molecule has 1 aliphatic carbocycles. The smallest absolute Gasteiger partial charge is 0.261 e. The van der Waals surface area contributed by atoms with Crippen LogP contribution in [-0.2, 0) is 14.8 Å². The minimum absolute atomic E-state index is 0.0669. The molecule has 0 amide bonds. The van der Waals surface area contributed by atoms with Crippen LogP contribution in [0.25, 0.3) is 10.9 Å². The number of ether oxygens (including phenoxy) is 1. The third-order valence-corrected chi connectivity index (χ3v) is 8.16. The molecule has 3 aromatic rings. The Bertz CT molecular complexity index is 1380. The van der Waals surface area contributed by atoms with Crippen molar-refractivity contribution in [1.29, 1.82) is 5.26 Å². The minimum atomic E-state index is -3.57. The second-order valence-electron chi connectivity index (χ2n) is 8.46. The molecular weight excluding hydrogens is 444 g/mol. The Morgan fingerprint density at radius 2 is 2.00 bits per heavy atom. The summed E-state index contributed by atoms with van der Waals surface area (Å²) in [5.41, 5.74) is 0.987. The Hall–Kier alpha value is -3.20. The molecule has 11 heteroatoms. The molecule has 0 bridgehead atoms. The van der Waals surface area contributed by atoms with Crippen molar-refractivity contribution in [3.05, 3.63) is 46.9 Å². The molecule has 1 atom stereocenters. The first-order valence-corrected chi connectivity index (χ1v) is 12.2. The topological polar surface area (TPSA) is 133 Å². The Morgan fingerprint density at radius 1 is 1.27 bits per heavy atom. The van der Waals surface area contributed by atoms with E-state index in [0.29, 0.717) is 47.8 Å². The molecule has 1 saturated carbocycles. The van der Waals surface area contributed by atoms with Crippen LogP contribution in [0.15, 0.2) is 46.2 Å². The van der Waals surface area contributed by atoms with E-state index in [1.165, 1.54) is 16.4 Å². The van der Waals surface area contributed by atoms with Crippen LogP contribution in [0, 0.1) is 17.2 Å². The van der Waals surface area contributed by atoms with Gasteiger partial charge in [0.15, 0.2) is 5.82 Å². The summed E-state index contributed by atoms with van der Waals surface area (Å²) in [5.74, 6) is 0.750. The van der Waals surface area contributed by atoms with Crippen molar-refractivity contribution in [2.45, 2.75) is 36.3 Å². The maximum atomic E-state index is 12.7. The zero-order valence-electron chi connectivity index (χ0n) is 18.1. The first-order chi connectivity index (χ1) is 15.9. The van der Waals surface area contributed by atoms with Gasteiger partial charge in [-0.3, -0.25) is 9.48 Å². The minimum Gasteiger partial charge on any atom is -0.379 e. The number of nitrogens with one attached hydrogen (secondary N) is 2. The Kier molecular flexibility index (Phi) is 5.44. The van der Waals surface area contributed by atoms with Gasteiger partial charge in [0, 0.05) is 32.1 Å². The summed E-state index contributed by atoms with van der Waals surface area (Å²) in [6.07, 6.45) is 3.91. The molecule has 0 radical (unpaired) electrons. The van der Waals surface area contributed by atoms with E-state index in [2.05, 4.69) is 21.5 Å². The van der Waals surface area contributed by atoms with Crippen LogP contribution >= 0.6 is 0 Å². The summed E-state index contributed by atoms with van der Waals surface area (Å²) >= 11 is 0. The van der Waals surface area contributed by atoms with Crippen molar-refractivity contribution in [3.8, 4) is 6.07 Å². The number of hydrogen-bond donors (Lipinski definition) is 2. The number of sulfonamides is 1. The first-order valence-electron chi connectivity index (χ1n) is 10.8. The van der Waals surface area contributed by atoms with Crippen molar-refractivity contribution in [3.63, 3.8) is 0 Å². The maximum absolute atomic E-state index is 12.7. The van der Waals surface area contributed by atoms with Crippen LogP contribution in [0.4, 0.5) is 11.5 Å². The number of methoxy groups -OCH3 is 1. The van der Waals surface area contributed by atoms with Crippen molar-refractivity contribution in [1.82, 2.24) is 19.1 Å². The molecule has 2 aliphatic rings. The third-order valence-electron chi connectivity index (χ3n) is 6.31. The van der Waals surface area contributed by atoms with Crippen molar-refractivity contribution in [2.24, 2.45) is 5.92 Å². The Morgan fingerprint density at radius 3 is 2.64 bits per heavy atom. The largest absolute Gasteiger partial charge is 0.379 e. The zero-order chi connectivity index (χ0) is 23.2. The first kappa shape index (κ1) is 21.6. The van der Waals surface area contributed by atoms with Crippen molar-refractivity contribution >= 4 is 32.4 Å². The highest BCUT2D eigenvalue weighted by atomic mass is 32.2. The molecule has 2 fully saturated rings. The van der Waals surface area contributed by atoms with Crippen LogP contribution in [0.3, 0.4) is 0 Å². The molecule has 1 saturated heterocycles. The maximum Gasteiger partial charge on any atom is 0.261 e. The van der Waals surface area contributed by atoms with Gasteiger partial charge in [-0.15, -0.1) is 0 Å². The van der Waals surface area contributed by atoms with E-state index in [9.17, 15) is 18.5 Å². The molecule has 3 heterocycles. The normalized spacial score (nSPS) is 18.1. The molecule has 0 spiro atoms. The van der Waals surface area contributed by atoms with Crippen LogP contribution in [0.2, 0.25) is 0 Å². The molecule has 172 valence electrons. The summed E-state index contributed by atoms with van der Waals surface area (Å²) in [7, 11) is -2.00. The molecule has 33 heavy (non-hydrogen) atoms. The summed E-state index contributed by atoms with van der Waals surface area (Å²) in [6, 6.07) is 10.3. The Labute approximate surface area is 190 Å². The van der Waals surface area contributed by atoms with E-state index in [1.807, 2.05) is 0 Å². The van der Waals surface area contributed by atoms with Gasteiger partial charge >= 0.3 is 0 Å². The van der Waals surface area contributed by atoms with Crippen molar-refractivity contribution < 1.29 is 13.2 Å². The lowest BCUT2D eigenvalue weighted by Gasteiger charge is -2.36. The van der Waals surface area contributed by atoms with Gasteiger partial charge in [0.1, 0.15) is 5.39 Å². The van der Waals surface area contributed by atoms with E-state index in [4.69, 9.17) is 4.74 Å². The second-order valence-corrected chi connectivity index (χ2v) is 10.4. The summed E-state index contributed by atoms with van der Waals surface area (Å²) in [5, 5.41) is 17.5. The molecule has 0 unspecified atom stereocenters. The number of aromatic nitrogens is 3. The van der Waals surface area contributed by atoms with Crippen LogP contribution in [0.5, 0.6) is 0 Å². The average Bonchev–Trinajstić information content (AvgIpc) is 3.54. The number of anilines is 2. The van der Waals surface area contributed by atoms with Gasteiger partial charge in [0.2, 0.25) is 10.0 Å². The van der Waals surface area contributed by atoms with Gasteiger partial charge < -0.3 is 15.0 Å². The van der Waals surface area contributed by atoms with E-state index in [1.54, 1.807) is 36.2 Å². The highest BCUT2D eigenvalue weighted by Gasteiger charge is 2.37. The molecule has 5 rings (SSSR count). The van der Waals surface area contributed by atoms with E-state index >= 15 is 0 Å². The predicted molar refractivity (Wildman–Crippen MR) is 122 cm³/mol. The number of fused-ring (bicyclic) bond motifs is 1. The van der Waals surface area contributed by atoms with E-state index in [0.717, 1.165) is 12.8 Å². The van der Waals surface area contributed by atoms with Crippen LogP contribution in [-0.4, -0.2) is 53.8 Å². The highest BCUT2D eigenvalue weighted by Crippen LogP contribution is 2.43. The molecule has 1 aromatic carbocycles. The standard InChI is InChI=1S/C22H24N6O4S/c1-32-16-12-27(13-16)33(30,31)17-6-4-15(5-7-17)25-21-20-19(9-11-24-22(20)29)28(26-21)18(8-10-23)14-2-3-14/h4-7,9,11,14,16,18H,2-3,8,12-13H2,1H3,(H,24,29)(H,25,26)/t18-/m0/s1. The lowest BCUT2D eigenvalue weighted by molar-refractivity contribution is 0.0125. The number of pyridine rings is 1. The number of rotatable bonds is 8. The van der Waals surface area contributed by atoms with Crippen molar-refractivity contribution in [2.75, 3.05) is 25.5 Å². The number of nitrogens with zero attached hydrogens (tertiary/aromatic N) is 4. The van der Waals surface area contributed by atoms with Gasteiger partial charge in [0.25, 0.3) is 5.56 Å². The molecular formula is C22H24N6O4S. The lowest BCUT2D eigenvalue weighted by atomic mass is 10.1. The number of H-pyrrole nitrogens is 1. The van der Waals surface area contributed by atoms with Gasteiger partial charge in [-0.25, -0.2) is 8.42 Å². The van der Waals surface area contributed by atoms with Crippen LogP contribution < -0.4 is 10.9 Å². The molecule has 1 aliphatic heterocycles. The second kappa shape index (κ2) is 8.30. The van der Waals surface area contributed by atoms with Gasteiger partial charge in [-0.1, -0.05) is 0 Å². The average molecular weight is 469 g/mol. The fourth-order valence-corrected chi connectivity index (χ4v) is 5.71. The summed E-state index contributed by atoms with van der Waals surface area (Å²) in [6.45, 7) is 0.686. The Balaban J connectivity index is 1.44. The number of aromatic amines is 1. The SMILES string of the molecule is COC1CN(S(=O)(=O)c2ccc(Nc3nn([C@@H](CC#N)C4CC4)c4cc[nH]c(=O)c34)cc2)C1. The van der Waals surface area contributed by atoms with Crippen LogP contribution in [0.1, 0.15) is 25.3 Å². The molecule has 2 N–H and O–H groups in total. The van der Waals surface area contributed by atoms with Gasteiger partial charge in [-0.05, 0) is 49.1 Å². The fraction of sp³-hybridized carbons (Fsp3) is 0.409. The summed E-state index contributed by atoms with van der Waals surface area (Å²) in [4.78, 5) is 15.5. The van der Waals surface area contributed by atoms with E-state index in [-0.39, 0.29) is 22.6 Å². The third kappa shape index (κ3) is 3.90. The monoisotopic (exact) mass is 468 g/mol. The highest BCUT2D eigenvalue weighted by molar-refractivity contribution is 7.89. The molecule has 10 nitrogen and oxygen atoms in total. The van der Waals surface area contributed by atoms with Gasteiger partial charge in [0.05, 0.1) is 35.0 Å². The zero-order valence-corrected chi connectivity index (χ0v) is 18.9.